The Morgan fingerprint density at radius 1 is 1.23 bits per heavy atom. The molecular weight excluding hydrogens is 303 g/mol. The summed E-state index contributed by atoms with van der Waals surface area (Å²) in [4.78, 5) is 0.0738. The molecule has 0 aliphatic rings. The Morgan fingerprint density at radius 3 is 2.23 bits per heavy atom. The van der Waals surface area contributed by atoms with Crippen LogP contribution in [-0.4, -0.2) is 46.2 Å². The highest BCUT2D eigenvalue weighted by molar-refractivity contribution is 7.86. The van der Waals surface area contributed by atoms with E-state index >= 15 is 0 Å². The molecule has 0 aliphatic carbocycles. The third-order valence-corrected chi connectivity index (χ3v) is 4.97. The second-order valence-corrected chi connectivity index (χ2v) is 6.87. The van der Waals surface area contributed by atoms with Crippen LogP contribution in [0.15, 0.2) is 29.2 Å². The first-order valence-corrected chi connectivity index (χ1v) is 8.69. The van der Waals surface area contributed by atoms with Gasteiger partial charge < -0.3 is 9.84 Å². The van der Waals surface area contributed by atoms with Crippen molar-refractivity contribution in [2.24, 2.45) is 0 Å². The van der Waals surface area contributed by atoms with Crippen LogP contribution in [0.5, 0.6) is 0 Å². The van der Waals surface area contributed by atoms with Gasteiger partial charge in [0.1, 0.15) is 7.85 Å². The molecule has 0 saturated heterocycles. The molecule has 0 amide bonds. The summed E-state index contributed by atoms with van der Waals surface area (Å²) in [7, 11) is 1.90. The maximum Gasteiger partial charge on any atom is 0.297 e. The van der Waals surface area contributed by atoms with Crippen molar-refractivity contribution in [1.29, 1.82) is 0 Å². The Kier molecular flexibility index (Phi) is 7.06. The molecule has 0 saturated carbocycles. The second-order valence-electron chi connectivity index (χ2n) is 5.26. The van der Waals surface area contributed by atoms with Crippen molar-refractivity contribution in [1.82, 2.24) is 0 Å². The van der Waals surface area contributed by atoms with Crippen LogP contribution in [0.1, 0.15) is 32.3 Å². The Balaban J connectivity index is 2.66. The van der Waals surface area contributed by atoms with Crippen LogP contribution in [-0.2, 0) is 19.0 Å². The predicted octanol–water partition coefficient (Wildman–Crippen LogP) is 1.76. The molecule has 5 nitrogen and oxygen atoms in total. The molecule has 22 heavy (non-hydrogen) atoms. The molecule has 0 heterocycles. The Labute approximate surface area is 134 Å². The first-order chi connectivity index (χ1) is 10.3. The van der Waals surface area contributed by atoms with Crippen molar-refractivity contribution < 1.29 is 22.4 Å². The summed E-state index contributed by atoms with van der Waals surface area (Å²) in [6, 6.07) is 5.41. The molecule has 1 atom stereocenters. The highest BCUT2D eigenvalue weighted by Crippen LogP contribution is 2.22. The van der Waals surface area contributed by atoms with Crippen LogP contribution in [0.25, 0.3) is 0 Å². The standard InChI is InChI=1S/C15H23BO5S/c1-4-15(5-2,11-17)21-14(16)10-20-22(18,19)13-8-6-12(3)7-9-13/h6-9,14,17H,4-5,10-11H2,1-3H3/t14-/m1/s1. The van der Waals surface area contributed by atoms with Gasteiger partial charge in [0.25, 0.3) is 10.1 Å². The predicted molar refractivity (Wildman–Crippen MR) is 85.3 cm³/mol. The van der Waals surface area contributed by atoms with E-state index in [0.29, 0.717) is 12.8 Å². The zero-order chi connectivity index (χ0) is 16.8. The Morgan fingerprint density at radius 2 is 1.77 bits per heavy atom. The normalized spacial score (nSPS) is 14.0. The van der Waals surface area contributed by atoms with E-state index in [1.54, 1.807) is 12.1 Å². The van der Waals surface area contributed by atoms with Gasteiger partial charge in [-0.3, -0.25) is 4.18 Å². The number of ether oxygens (including phenoxy) is 1. The zero-order valence-electron chi connectivity index (χ0n) is 13.3. The summed E-state index contributed by atoms with van der Waals surface area (Å²) in [5.74, 6) is 0. The van der Waals surface area contributed by atoms with Gasteiger partial charge in [-0.05, 0) is 31.9 Å². The van der Waals surface area contributed by atoms with Crippen molar-refractivity contribution in [3.05, 3.63) is 29.8 Å². The summed E-state index contributed by atoms with van der Waals surface area (Å²) in [5, 5.41) is 9.42. The van der Waals surface area contributed by atoms with E-state index in [0.717, 1.165) is 5.56 Å². The van der Waals surface area contributed by atoms with Crippen LogP contribution in [0.2, 0.25) is 0 Å². The van der Waals surface area contributed by atoms with E-state index in [2.05, 4.69) is 0 Å². The first kappa shape index (κ1) is 19.2. The highest BCUT2D eigenvalue weighted by atomic mass is 32.2. The van der Waals surface area contributed by atoms with Gasteiger partial charge in [0.2, 0.25) is 0 Å². The number of aryl methyl sites for hydroxylation is 1. The molecular formula is C15H23BO5S. The lowest BCUT2D eigenvalue weighted by molar-refractivity contribution is -0.106. The molecule has 0 spiro atoms. The molecule has 2 radical (unpaired) electrons. The minimum absolute atomic E-state index is 0.0738. The lowest BCUT2D eigenvalue weighted by Gasteiger charge is -2.33. The molecule has 0 bridgehead atoms. The van der Waals surface area contributed by atoms with Crippen molar-refractivity contribution >= 4 is 18.0 Å². The smallest absolute Gasteiger partial charge is 0.297 e. The van der Waals surface area contributed by atoms with Crippen molar-refractivity contribution in [3.8, 4) is 0 Å². The van der Waals surface area contributed by atoms with Crippen LogP contribution >= 0.6 is 0 Å². The van der Waals surface area contributed by atoms with E-state index in [9.17, 15) is 13.5 Å². The molecule has 0 aliphatic heterocycles. The maximum absolute atomic E-state index is 12.0. The van der Waals surface area contributed by atoms with E-state index < -0.39 is 21.7 Å². The molecule has 1 aromatic rings. The zero-order valence-corrected chi connectivity index (χ0v) is 14.1. The minimum Gasteiger partial charge on any atom is -0.393 e. The molecule has 1 rings (SSSR count). The maximum atomic E-state index is 12.0. The number of aliphatic hydroxyl groups excluding tert-OH is 1. The number of rotatable bonds is 9. The average Bonchev–Trinajstić information content (AvgIpc) is 2.51. The third kappa shape index (κ3) is 5.09. The van der Waals surface area contributed by atoms with E-state index in [-0.39, 0.29) is 18.1 Å². The summed E-state index contributed by atoms with van der Waals surface area (Å²) < 4.78 is 34.6. The fourth-order valence-corrected chi connectivity index (χ4v) is 2.88. The lowest BCUT2D eigenvalue weighted by Crippen LogP contribution is -2.41. The fraction of sp³-hybridized carbons (Fsp3) is 0.600. The van der Waals surface area contributed by atoms with E-state index in [1.165, 1.54) is 12.1 Å². The molecule has 0 unspecified atom stereocenters. The van der Waals surface area contributed by atoms with Crippen molar-refractivity contribution in [2.45, 2.75) is 50.1 Å². The quantitative estimate of drug-likeness (QED) is 0.553. The molecule has 0 aromatic heterocycles. The van der Waals surface area contributed by atoms with E-state index in [4.69, 9.17) is 16.8 Å². The fourth-order valence-electron chi connectivity index (χ4n) is 1.96. The minimum atomic E-state index is -3.87. The van der Waals surface area contributed by atoms with Gasteiger partial charge in [-0.2, -0.15) is 8.42 Å². The number of hydrogen-bond acceptors (Lipinski definition) is 5. The van der Waals surface area contributed by atoms with Crippen molar-refractivity contribution in [3.63, 3.8) is 0 Å². The molecule has 122 valence electrons. The largest absolute Gasteiger partial charge is 0.393 e. The van der Waals surface area contributed by atoms with Gasteiger partial charge in [0.05, 0.1) is 23.7 Å². The number of hydrogen-bond donors (Lipinski definition) is 1. The number of benzene rings is 1. The van der Waals surface area contributed by atoms with Gasteiger partial charge in [0, 0.05) is 6.00 Å². The summed E-state index contributed by atoms with van der Waals surface area (Å²) in [5.41, 5.74) is 0.189. The van der Waals surface area contributed by atoms with Crippen LogP contribution < -0.4 is 0 Å². The van der Waals surface area contributed by atoms with Crippen molar-refractivity contribution in [2.75, 3.05) is 13.2 Å². The second kappa shape index (κ2) is 8.10. The van der Waals surface area contributed by atoms with Crippen LogP contribution in [0, 0.1) is 6.92 Å². The Bertz CT molecular complexity index is 544. The van der Waals surface area contributed by atoms with Gasteiger partial charge in [-0.25, -0.2) is 0 Å². The topological polar surface area (TPSA) is 72.8 Å². The van der Waals surface area contributed by atoms with Gasteiger partial charge >= 0.3 is 0 Å². The summed E-state index contributed by atoms with van der Waals surface area (Å²) in [6.07, 6.45) is 1.14. The van der Waals surface area contributed by atoms with Crippen LogP contribution in [0.3, 0.4) is 0 Å². The molecule has 0 fully saturated rings. The monoisotopic (exact) mass is 326 g/mol. The molecule has 1 aromatic carbocycles. The summed E-state index contributed by atoms with van der Waals surface area (Å²) >= 11 is 0. The Hall–Kier alpha value is -0.885. The van der Waals surface area contributed by atoms with E-state index in [1.807, 2.05) is 20.8 Å². The number of aliphatic hydroxyl groups is 1. The van der Waals surface area contributed by atoms with Gasteiger partial charge in [-0.15, -0.1) is 0 Å². The first-order valence-electron chi connectivity index (χ1n) is 7.29. The van der Waals surface area contributed by atoms with Crippen LogP contribution in [0.4, 0.5) is 0 Å². The molecule has 7 heteroatoms. The third-order valence-electron chi connectivity index (χ3n) is 3.68. The lowest BCUT2D eigenvalue weighted by atomic mass is 9.94. The summed E-state index contributed by atoms with van der Waals surface area (Å²) in [6.45, 7) is 5.12. The molecule has 1 N–H and O–H groups in total. The van der Waals surface area contributed by atoms with Gasteiger partial charge in [0.15, 0.2) is 0 Å². The SMILES string of the molecule is [B][C@@H](COS(=O)(=O)c1ccc(C)cc1)OC(CC)(CC)CO. The average molecular weight is 326 g/mol. The highest BCUT2D eigenvalue weighted by Gasteiger charge is 2.29. The van der Waals surface area contributed by atoms with Gasteiger partial charge in [-0.1, -0.05) is 31.5 Å².